The van der Waals surface area contributed by atoms with Crippen LogP contribution in [0.3, 0.4) is 0 Å². The van der Waals surface area contributed by atoms with Gasteiger partial charge in [0.15, 0.2) is 0 Å². The van der Waals surface area contributed by atoms with E-state index in [1.807, 2.05) is 49.2 Å². The molecule has 0 fully saturated rings. The molecule has 0 unspecified atom stereocenters. The van der Waals surface area contributed by atoms with Crippen LogP contribution in [0.2, 0.25) is 0 Å². The Morgan fingerprint density at radius 1 is 0.895 bits per heavy atom. The molecule has 0 aliphatic rings. The smallest absolute Gasteiger partial charge is 0.129 e. The molecule has 0 saturated heterocycles. The lowest BCUT2D eigenvalue weighted by Crippen LogP contribution is -2.19. The highest BCUT2D eigenvalue weighted by atomic mass is 79.9. The zero-order valence-corrected chi connectivity index (χ0v) is 12.9. The molecule has 102 valence electrons. The van der Waals surface area contributed by atoms with E-state index in [0.29, 0.717) is 0 Å². The summed E-state index contributed by atoms with van der Waals surface area (Å²) >= 11 is 2.94. The summed E-state index contributed by atoms with van der Waals surface area (Å²) < 4.78 is 0. The Balaban J connectivity index is 0.000000861. The number of alkyl halides is 1. The van der Waals surface area contributed by atoms with E-state index in [2.05, 4.69) is 45.7 Å². The minimum Gasteiger partial charge on any atom is -0.289 e. The Morgan fingerprint density at radius 3 is 1.68 bits per heavy atom. The van der Waals surface area contributed by atoms with Gasteiger partial charge in [0.05, 0.1) is 0 Å². The quantitative estimate of drug-likeness (QED) is 0.653. The second-order valence-electron chi connectivity index (χ2n) is 3.82. The van der Waals surface area contributed by atoms with Gasteiger partial charge >= 0.3 is 0 Å². The van der Waals surface area contributed by atoms with Crippen molar-refractivity contribution in [3.05, 3.63) is 71.8 Å². The van der Waals surface area contributed by atoms with Crippen molar-refractivity contribution in [2.75, 3.05) is 12.4 Å². The van der Waals surface area contributed by atoms with Crippen LogP contribution in [0, 0.1) is 0 Å². The van der Waals surface area contributed by atoms with Crippen LogP contribution in [-0.2, 0) is 4.84 Å². The highest BCUT2D eigenvalue weighted by molar-refractivity contribution is 9.08. The molecule has 0 atom stereocenters. The summed E-state index contributed by atoms with van der Waals surface area (Å²) in [4.78, 5) is 5.71. The molecule has 0 heterocycles. The maximum atomic E-state index is 5.71. The van der Waals surface area contributed by atoms with Gasteiger partial charge in [-0.3, -0.25) is 4.84 Å². The Bertz CT molecular complexity index is 394. The molecule has 19 heavy (non-hydrogen) atoms. The molecule has 0 aliphatic heterocycles. The van der Waals surface area contributed by atoms with E-state index in [4.69, 9.17) is 4.84 Å². The van der Waals surface area contributed by atoms with Crippen LogP contribution in [0.5, 0.6) is 0 Å². The van der Waals surface area contributed by atoms with Crippen molar-refractivity contribution in [3.8, 4) is 0 Å². The van der Waals surface area contributed by atoms with E-state index in [1.54, 1.807) is 0 Å². The number of hydrogen-bond donors (Lipinski definition) is 1. The first kappa shape index (κ1) is 15.9. The fourth-order valence-corrected chi connectivity index (χ4v) is 1.75. The topological polar surface area (TPSA) is 21.3 Å². The molecular weight excluding hydrogens is 302 g/mol. The third-order valence-corrected chi connectivity index (χ3v) is 2.55. The summed E-state index contributed by atoms with van der Waals surface area (Å²) in [6.07, 6.45) is -0.0580. The average molecular weight is 322 g/mol. The van der Waals surface area contributed by atoms with Crippen molar-refractivity contribution < 1.29 is 4.84 Å². The monoisotopic (exact) mass is 321 g/mol. The summed E-state index contributed by atoms with van der Waals surface area (Å²) in [5.74, 6) is 1.81. The van der Waals surface area contributed by atoms with Crippen molar-refractivity contribution in [1.29, 1.82) is 0 Å². The third-order valence-electron chi connectivity index (χ3n) is 2.55. The van der Waals surface area contributed by atoms with E-state index in [0.717, 1.165) is 17.7 Å². The Morgan fingerprint density at radius 2 is 1.32 bits per heavy atom. The second kappa shape index (κ2) is 9.73. The summed E-state index contributed by atoms with van der Waals surface area (Å²) in [5, 5.41) is 0. The Labute approximate surface area is 123 Å². The molecule has 0 radical (unpaired) electrons. The number of benzene rings is 2. The van der Waals surface area contributed by atoms with Gasteiger partial charge in [0.2, 0.25) is 0 Å². The van der Waals surface area contributed by atoms with Crippen LogP contribution in [0.4, 0.5) is 0 Å². The zero-order chi connectivity index (χ0) is 13.9. The lowest BCUT2D eigenvalue weighted by atomic mass is 10.0. The molecule has 0 bridgehead atoms. The molecular formula is C16H20BrNO. The number of nitrogens with one attached hydrogen (secondary N) is 1. The molecule has 2 rings (SSSR count). The molecule has 2 nitrogen and oxygen atoms in total. The summed E-state index contributed by atoms with van der Waals surface area (Å²) in [7, 11) is 0. The molecule has 1 N–H and O–H groups in total. The van der Waals surface area contributed by atoms with Gasteiger partial charge in [-0.25, -0.2) is 5.48 Å². The van der Waals surface area contributed by atoms with Gasteiger partial charge in [-0.05, 0) is 17.0 Å². The minimum atomic E-state index is -0.0580. The predicted octanol–water partition coefficient (Wildman–Crippen LogP) is 4.33. The molecule has 0 aromatic heterocycles. The van der Waals surface area contributed by atoms with Crippen molar-refractivity contribution in [2.24, 2.45) is 0 Å². The van der Waals surface area contributed by atoms with Crippen LogP contribution < -0.4 is 5.48 Å². The standard InChI is InChI=1S/C15H17NO.CH3Br/c1-2-16-17-15(13-9-5-3-6-10-13)14-11-7-4-8-12-14;1-2/h3-12,15-16H,2H2,1H3;1H3. The normalized spacial score (nSPS) is 9.89. The lowest BCUT2D eigenvalue weighted by molar-refractivity contribution is -0.00180. The van der Waals surface area contributed by atoms with Gasteiger partial charge in [-0.2, -0.15) is 0 Å². The Hall–Kier alpha value is -1.16. The van der Waals surface area contributed by atoms with Crippen LogP contribution in [-0.4, -0.2) is 12.4 Å². The van der Waals surface area contributed by atoms with Crippen molar-refractivity contribution in [3.63, 3.8) is 0 Å². The predicted molar refractivity (Wildman–Crippen MR) is 84.3 cm³/mol. The molecule has 0 aliphatic carbocycles. The molecule has 0 saturated carbocycles. The van der Waals surface area contributed by atoms with Crippen LogP contribution >= 0.6 is 15.9 Å². The first-order valence-electron chi connectivity index (χ1n) is 6.28. The maximum absolute atomic E-state index is 5.71. The average Bonchev–Trinajstić information content (AvgIpc) is 2.52. The SMILES string of the molecule is CBr.CCNOC(c1ccccc1)c1ccccc1. The highest BCUT2D eigenvalue weighted by Gasteiger charge is 2.13. The van der Waals surface area contributed by atoms with Gasteiger partial charge in [0.25, 0.3) is 0 Å². The molecule has 3 heteroatoms. The van der Waals surface area contributed by atoms with Crippen LogP contribution in [0.1, 0.15) is 24.2 Å². The maximum Gasteiger partial charge on any atom is 0.129 e. The van der Waals surface area contributed by atoms with E-state index in [1.165, 1.54) is 0 Å². The van der Waals surface area contributed by atoms with Crippen LogP contribution in [0.25, 0.3) is 0 Å². The molecule has 2 aromatic carbocycles. The van der Waals surface area contributed by atoms with E-state index >= 15 is 0 Å². The largest absolute Gasteiger partial charge is 0.289 e. The molecule has 2 aromatic rings. The van der Waals surface area contributed by atoms with E-state index in [9.17, 15) is 0 Å². The van der Waals surface area contributed by atoms with Gasteiger partial charge in [0, 0.05) is 6.54 Å². The molecule has 0 spiro atoms. The number of hydroxylamine groups is 1. The van der Waals surface area contributed by atoms with Crippen molar-refractivity contribution >= 4 is 15.9 Å². The Kier molecular flexibility index (Phi) is 8.14. The van der Waals surface area contributed by atoms with Gasteiger partial charge in [0.1, 0.15) is 6.10 Å². The summed E-state index contributed by atoms with van der Waals surface area (Å²) in [6.45, 7) is 2.81. The fraction of sp³-hybridized carbons (Fsp3) is 0.250. The fourth-order valence-electron chi connectivity index (χ4n) is 1.75. The third kappa shape index (κ3) is 5.15. The number of hydrogen-bond acceptors (Lipinski definition) is 2. The van der Waals surface area contributed by atoms with Crippen molar-refractivity contribution in [2.45, 2.75) is 13.0 Å². The van der Waals surface area contributed by atoms with E-state index < -0.39 is 0 Å². The number of rotatable bonds is 5. The van der Waals surface area contributed by atoms with E-state index in [-0.39, 0.29) is 6.10 Å². The highest BCUT2D eigenvalue weighted by Crippen LogP contribution is 2.24. The lowest BCUT2D eigenvalue weighted by Gasteiger charge is -2.18. The van der Waals surface area contributed by atoms with Crippen LogP contribution in [0.15, 0.2) is 60.7 Å². The summed E-state index contributed by atoms with van der Waals surface area (Å²) in [5.41, 5.74) is 5.25. The van der Waals surface area contributed by atoms with Gasteiger partial charge in [-0.15, -0.1) is 0 Å². The second-order valence-corrected chi connectivity index (χ2v) is 3.82. The van der Waals surface area contributed by atoms with Gasteiger partial charge < -0.3 is 0 Å². The van der Waals surface area contributed by atoms with Gasteiger partial charge in [-0.1, -0.05) is 83.5 Å². The number of halogens is 1. The zero-order valence-electron chi connectivity index (χ0n) is 11.3. The first-order chi connectivity index (χ1) is 9.42. The van der Waals surface area contributed by atoms with Crippen molar-refractivity contribution in [1.82, 2.24) is 5.48 Å². The first-order valence-corrected chi connectivity index (χ1v) is 7.86. The molecule has 0 amide bonds. The minimum absolute atomic E-state index is 0.0580. The summed E-state index contributed by atoms with van der Waals surface area (Å²) in [6, 6.07) is 20.5.